The quantitative estimate of drug-likeness (QED) is 0.0434. The van der Waals surface area contributed by atoms with E-state index in [1.807, 2.05) is 6.08 Å². The van der Waals surface area contributed by atoms with Gasteiger partial charge in [0, 0.05) is 24.4 Å². The van der Waals surface area contributed by atoms with E-state index in [1.165, 1.54) is 62.5 Å². The maximum absolute atomic E-state index is 12.4. The summed E-state index contributed by atoms with van der Waals surface area (Å²) in [7, 11) is 0. The van der Waals surface area contributed by atoms with Crippen LogP contribution in [0.25, 0.3) is 0 Å². The Kier molecular flexibility index (Phi) is 16.9. The molecule has 8 nitrogen and oxygen atoms in total. The number of aliphatic hydroxyl groups excluding tert-OH is 2. The molecule has 2 heterocycles. The Bertz CT molecular complexity index is 1410. The van der Waals surface area contributed by atoms with Gasteiger partial charge in [0.25, 0.3) is 0 Å². The molecule has 2 saturated carbocycles. The zero-order valence-electron chi connectivity index (χ0n) is 34.6. The number of aliphatic carboxylic acids is 1. The van der Waals surface area contributed by atoms with Gasteiger partial charge in [-0.05, 0) is 129 Å². The van der Waals surface area contributed by atoms with Crippen LogP contribution in [0.2, 0.25) is 0 Å². The Morgan fingerprint density at radius 2 is 1.80 bits per heavy atom. The highest BCUT2D eigenvalue weighted by atomic mass is 16.4. The average molecular weight is 764 g/mol. The van der Waals surface area contributed by atoms with E-state index in [4.69, 9.17) is 5.73 Å². The summed E-state index contributed by atoms with van der Waals surface area (Å²) in [6.45, 7) is 7.70. The number of nitrogens with two attached hydrogens (primary N) is 1. The van der Waals surface area contributed by atoms with Gasteiger partial charge in [0.05, 0.1) is 29.5 Å². The molecular formula is C47H77N3O5. The lowest BCUT2D eigenvalue weighted by Gasteiger charge is -2.32. The number of dihydropyridines is 1. The van der Waals surface area contributed by atoms with Crippen LogP contribution in [-0.2, 0) is 11.2 Å². The predicted octanol–water partition coefficient (Wildman–Crippen LogP) is 9.28. The van der Waals surface area contributed by atoms with E-state index in [2.05, 4.69) is 61.6 Å². The van der Waals surface area contributed by atoms with Gasteiger partial charge in [-0.1, -0.05) is 103 Å². The molecule has 0 radical (unpaired) electrons. The van der Waals surface area contributed by atoms with Crippen molar-refractivity contribution < 1.29 is 25.2 Å². The fourth-order valence-corrected chi connectivity index (χ4v) is 10.9. The number of hydrogen-bond donors (Lipinski definition) is 7. The highest BCUT2D eigenvalue weighted by molar-refractivity contribution is 5.70. The number of rotatable bonds is 23. The SMILES string of the molecule is CCCCC[C@@H]1C=C[C@@H](CCCCC[C@H](C(=O)O)[C@H](O)CC[C@@]2(O)C[C@@H](CC3=CCNC(N)=C3)C[C@H]2Cc2cc([C@H](C)C[C@@H](C)C3CCCC3)c[nH]2)[C@H](O)C1. The van der Waals surface area contributed by atoms with Gasteiger partial charge >= 0.3 is 5.97 Å². The van der Waals surface area contributed by atoms with E-state index in [0.29, 0.717) is 43.5 Å². The Hall–Kier alpha value is -2.55. The van der Waals surface area contributed by atoms with Gasteiger partial charge in [-0.2, -0.15) is 0 Å². The molecule has 10 atom stereocenters. The third-order valence-corrected chi connectivity index (χ3v) is 14.3. The number of aromatic amines is 1. The summed E-state index contributed by atoms with van der Waals surface area (Å²) in [4.78, 5) is 16.0. The van der Waals surface area contributed by atoms with Crippen LogP contribution in [0.1, 0.15) is 166 Å². The predicted molar refractivity (Wildman–Crippen MR) is 223 cm³/mol. The first kappa shape index (κ1) is 43.6. The second-order valence-corrected chi connectivity index (χ2v) is 18.7. The van der Waals surface area contributed by atoms with Crippen molar-refractivity contribution in [3.8, 4) is 0 Å². The summed E-state index contributed by atoms with van der Waals surface area (Å²) >= 11 is 0. The highest BCUT2D eigenvalue weighted by Crippen LogP contribution is 2.47. The molecule has 3 aliphatic carbocycles. The first-order valence-corrected chi connectivity index (χ1v) is 22.5. The van der Waals surface area contributed by atoms with Crippen LogP contribution in [0.4, 0.5) is 0 Å². The number of aliphatic hydroxyl groups is 3. The van der Waals surface area contributed by atoms with Crippen molar-refractivity contribution in [3.05, 3.63) is 59.2 Å². The number of allylic oxidation sites excluding steroid dienone is 3. The largest absolute Gasteiger partial charge is 0.481 e. The van der Waals surface area contributed by atoms with Crippen molar-refractivity contribution in [3.63, 3.8) is 0 Å². The molecule has 1 aromatic rings. The maximum atomic E-state index is 12.4. The minimum atomic E-state index is -1.01. The molecule has 1 aliphatic heterocycles. The monoisotopic (exact) mass is 764 g/mol. The summed E-state index contributed by atoms with van der Waals surface area (Å²) in [5.41, 5.74) is 8.79. The van der Waals surface area contributed by atoms with E-state index in [1.54, 1.807) is 0 Å². The van der Waals surface area contributed by atoms with E-state index in [-0.39, 0.29) is 30.3 Å². The molecule has 0 amide bonds. The van der Waals surface area contributed by atoms with Crippen LogP contribution < -0.4 is 11.1 Å². The Morgan fingerprint density at radius 1 is 1.02 bits per heavy atom. The van der Waals surface area contributed by atoms with Crippen molar-refractivity contribution in [2.75, 3.05) is 6.54 Å². The molecule has 0 aromatic carbocycles. The summed E-state index contributed by atoms with van der Waals surface area (Å²) in [5.74, 6) is 1.87. The van der Waals surface area contributed by atoms with E-state index in [0.717, 1.165) is 75.3 Å². The van der Waals surface area contributed by atoms with Crippen LogP contribution in [0, 0.1) is 41.4 Å². The fraction of sp³-hybridized carbons (Fsp3) is 0.766. The van der Waals surface area contributed by atoms with Crippen LogP contribution in [-0.4, -0.2) is 55.7 Å². The van der Waals surface area contributed by atoms with E-state index < -0.39 is 23.6 Å². The number of carboxylic acid groups (broad SMARTS) is 1. The van der Waals surface area contributed by atoms with Gasteiger partial charge in [0.1, 0.15) is 0 Å². The van der Waals surface area contributed by atoms with Gasteiger partial charge in [-0.25, -0.2) is 0 Å². The summed E-state index contributed by atoms with van der Waals surface area (Å²) in [6, 6.07) is 2.31. The Labute approximate surface area is 332 Å². The van der Waals surface area contributed by atoms with Gasteiger partial charge < -0.3 is 36.5 Å². The lowest BCUT2D eigenvalue weighted by Crippen LogP contribution is -2.37. The molecule has 4 aliphatic rings. The lowest BCUT2D eigenvalue weighted by molar-refractivity contribution is -0.146. The van der Waals surface area contributed by atoms with Crippen molar-refractivity contribution >= 4 is 5.97 Å². The molecule has 0 spiro atoms. The number of carboxylic acids is 1. The molecule has 8 N–H and O–H groups in total. The number of H-pyrrole nitrogens is 1. The third kappa shape index (κ3) is 13.0. The van der Waals surface area contributed by atoms with Gasteiger partial charge in [0.15, 0.2) is 0 Å². The number of carbonyl (C=O) groups is 1. The van der Waals surface area contributed by atoms with Crippen LogP contribution in [0.3, 0.4) is 0 Å². The molecule has 5 rings (SSSR count). The molecule has 0 saturated heterocycles. The van der Waals surface area contributed by atoms with Gasteiger partial charge in [0.2, 0.25) is 0 Å². The van der Waals surface area contributed by atoms with Gasteiger partial charge in [-0.15, -0.1) is 0 Å². The normalized spacial score (nSPS) is 29.4. The molecule has 0 bridgehead atoms. The Balaban J connectivity index is 1.14. The number of nitrogens with one attached hydrogen (secondary N) is 2. The highest BCUT2D eigenvalue weighted by Gasteiger charge is 2.46. The van der Waals surface area contributed by atoms with Crippen molar-refractivity contribution in [1.82, 2.24) is 10.3 Å². The van der Waals surface area contributed by atoms with E-state index >= 15 is 0 Å². The third-order valence-electron chi connectivity index (χ3n) is 14.3. The fourth-order valence-electron chi connectivity index (χ4n) is 10.9. The van der Waals surface area contributed by atoms with Crippen molar-refractivity contribution in [2.45, 2.75) is 179 Å². The van der Waals surface area contributed by atoms with Gasteiger partial charge in [-0.3, -0.25) is 4.79 Å². The molecule has 2 fully saturated rings. The maximum Gasteiger partial charge on any atom is 0.309 e. The van der Waals surface area contributed by atoms with Crippen LogP contribution >= 0.6 is 0 Å². The average Bonchev–Trinajstić information content (AvgIpc) is 3.92. The standard InChI is InChI=1S/C47H77N3O5/c1-4-5-7-12-34-17-18-38(44(52)26-34)15-8-6-9-16-42(46(53)54)43(51)19-21-47(55)30-36(24-35-20-22-49-45(48)27-35)25-40(47)29-41-28-39(31-50-41)33(3)23-32(2)37-13-10-11-14-37/h17-18,20,27-28,31-34,36-38,40,42-44,49-52,55H,4-16,19,21-26,29-30,48H2,1-3H3,(H,53,54)/t32-,33-,34-,36+,38-,40+,42+,43-,44-,47-/m1/s1. The Morgan fingerprint density at radius 3 is 2.53 bits per heavy atom. The van der Waals surface area contributed by atoms with Crippen LogP contribution in [0.5, 0.6) is 0 Å². The van der Waals surface area contributed by atoms with E-state index in [9.17, 15) is 25.2 Å². The summed E-state index contributed by atoms with van der Waals surface area (Å²) in [5, 5.41) is 47.8. The first-order chi connectivity index (χ1) is 26.4. The molecule has 55 heavy (non-hydrogen) atoms. The first-order valence-electron chi connectivity index (χ1n) is 22.5. The second kappa shape index (κ2) is 21.3. The molecule has 8 heteroatoms. The molecule has 0 unspecified atom stereocenters. The summed E-state index contributed by atoms with van der Waals surface area (Å²) < 4.78 is 0. The zero-order valence-corrected chi connectivity index (χ0v) is 34.6. The van der Waals surface area contributed by atoms with Crippen LogP contribution in [0.15, 0.2) is 48.0 Å². The smallest absolute Gasteiger partial charge is 0.309 e. The number of unbranched alkanes of at least 4 members (excludes halogenated alkanes) is 4. The molecule has 1 aromatic heterocycles. The number of aromatic nitrogens is 1. The lowest BCUT2D eigenvalue weighted by atomic mass is 9.80. The topological polar surface area (TPSA) is 152 Å². The van der Waals surface area contributed by atoms with Crippen molar-refractivity contribution in [1.29, 1.82) is 0 Å². The minimum absolute atomic E-state index is 0.00615. The van der Waals surface area contributed by atoms with Crippen molar-refractivity contribution in [2.24, 2.45) is 47.2 Å². The molecular weight excluding hydrogens is 687 g/mol. The zero-order chi connectivity index (χ0) is 39.4. The number of hydrogen-bond acceptors (Lipinski definition) is 6. The summed E-state index contributed by atoms with van der Waals surface area (Å²) in [6.07, 6.45) is 29.5. The molecule has 310 valence electrons. The second-order valence-electron chi connectivity index (χ2n) is 18.7. The minimum Gasteiger partial charge on any atom is -0.481 e.